The van der Waals surface area contributed by atoms with Gasteiger partial charge in [-0.1, -0.05) is 17.7 Å². The van der Waals surface area contributed by atoms with E-state index in [1.807, 2.05) is 19.1 Å². The molecule has 2 aliphatic heterocycles. The summed E-state index contributed by atoms with van der Waals surface area (Å²) < 4.78 is 5.76. The zero-order valence-electron chi connectivity index (χ0n) is 11.5. The van der Waals surface area contributed by atoms with Gasteiger partial charge in [-0.2, -0.15) is 0 Å². The Hall–Kier alpha value is -1.10. The van der Waals surface area contributed by atoms with Crippen molar-refractivity contribution in [3.05, 3.63) is 28.8 Å². The molecule has 0 aliphatic carbocycles. The highest BCUT2D eigenvalue weighted by Crippen LogP contribution is 2.34. The molecule has 0 aromatic heterocycles. The molecule has 1 amide bonds. The number of nitrogens with one attached hydrogen (secondary N) is 2. The summed E-state index contributed by atoms with van der Waals surface area (Å²) in [5.74, 6) is -0.0434. The highest BCUT2D eigenvalue weighted by molar-refractivity contribution is 6.31. The first-order valence-corrected chi connectivity index (χ1v) is 7.44. The van der Waals surface area contributed by atoms with Gasteiger partial charge in [0.2, 0.25) is 5.91 Å². The fourth-order valence-electron chi connectivity index (χ4n) is 3.00. The van der Waals surface area contributed by atoms with Crippen LogP contribution in [0.2, 0.25) is 5.02 Å². The van der Waals surface area contributed by atoms with E-state index in [-0.39, 0.29) is 5.91 Å². The molecule has 3 unspecified atom stereocenters. The van der Waals surface area contributed by atoms with Crippen molar-refractivity contribution in [2.75, 3.05) is 11.9 Å². The van der Waals surface area contributed by atoms with Crippen LogP contribution in [0, 0.1) is 6.92 Å². The van der Waals surface area contributed by atoms with Gasteiger partial charge in [0.25, 0.3) is 0 Å². The molecule has 3 rings (SSSR count). The van der Waals surface area contributed by atoms with Crippen LogP contribution in [0.1, 0.15) is 24.8 Å². The van der Waals surface area contributed by atoms with Crippen LogP contribution in [0.3, 0.4) is 0 Å². The minimum absolute atomic E-state index is 0.0434. The summed E-state index contributed by atoms with van der Waals surface area (Å²) in [6.07, 6.45) is 3.99. The zero-order valence-corrected chi connectivity index (χ0v) is 12.2. The molecule has 2 aliphatic rings. The van der Waals surface area contributed by atoms with Crippen LogP contribution in [-0.2, 0) is 9.53 Å². The highest BCUT2D eigenvalue weighted by Gasteiger charge is 2.40. The number of carbonyl (C=O) groups excluding carboxylic acids is 1. The van der Waals surface area contributed by atoms with Crippen molar-refractivity contribution in [2.24, 2.45) is 0 Å². The number of aryl methyl sites for hydroxylation is 1. The van der Waals surface area contributed by atoms with Crippen molar-refractivity contribution in [1.82, 2.24) is 5.32 Å². The average molecular weight is 295 g/mol. The molecule has 2 N–H and O–H groups in total. The third kappa shape index (κ3) is 2.97. The number of hydrogen-bond acceptors (Lipinski definition) is 3. The molecule has 0 saturated carbocycles. The van der Waals surface area contributed by atoms with Crippen molar-refractivity contribution in [2.45, 2.75) is 44.4 Å². The molecule has 20 heavy (non-hydrogen) atoms. The largest absolute Gasteiger partial charge is 0.373 e. The maximum Gasteiger partial charge on any atom is 0.238 e. The summed E-state index contributed by atoms with van der Waals surface area (Å²) in [5.41, 5.74) is 1.78. The Morgan fingerprint density at radius 3 is 3.00 bits per heavy atom. The van der Waals surface area contributed by atoms with Crippen LogP contribution in [0.5, 0.6) is 0 Å². The molecule has 2 bridgehead atoms. The number of ether oxygens (including phenoxy) is 1. The van der Waals surface area contributed by atoms with Gasteiger partial charge in [-0.25, -0.2) is 0 Å². The lowest BCUT2D eigenvalue weighted by Crippen LogP contribution is -2.41. The topological polar surface area (TPSA) is 50.4 Å². The summed E-state index contributed by atoms with van der Waals surface area (Å²) in [6.45, 7) is 2.26. The van der Waals surface area contributed by atoms with Gasteiger partial charge in [0, 0.05) is 16.8 Å². The third-order valence-electron chi connectivity index (χ3n) is 4.10. The maximum absolute atomic E-state index is 12.0. The van der Waals surface area contributed by atoms with E-state index in [1.165, 1.54) is 0 Å². The highest BCUT2D eigenvalue weighted by atomic mass is 35.5. The average Bonchev–Trinajstić information content (AvgIpc) is 3.03. The maximum atomic E-state index is 12.0. The number of hydrogen-bond donors (Lipinski definition) is 2. The Bertz CT molecular complexity index is 521. The van der Waals surface area contributed by atoms with E-state index >= 15 is 0 Å². The number of carbonyl (C=O) groups is 1. The van der Waals surface area contributed by atoms with Gasteiger partial charge in [0.05, 0.1) is 18.8 Å². The Morgan fingerprint density at radius 2 is 2.30 bits per heavy atom. The summed E-state index contributed by atoms with van der Waals surface area (Å²) in [5, 5.41) is 6.81. The predicted molar refractivity (Wildman–Crippen MR) is 79.1 cm³/mol. The lowest BCUT2D eigenvalue weighted by atomic mass is 9.95. The van der Waals surface area contributed by atoms with Gasteiger partial charge in [-0.15, -0.1) is 0 Å². The third-order valence-corrected chi connectivity index (χ3v) is 4.34. The van der Waals surface area contributed by atoms with Gasteiger partial charge < -0.3 is 15.4 Å². The normalized spacial score (nSPS) is 27.8. The number of halogens is 1. The number of anilines is 1. The molecule has 0 spiro atoms. The zero-order chi connectivity index (χ0) is 14.1. The molecular weight excluding hydrogens is 276 g/mol. The molecular formula is C15H19ClN2O2. The van der Waals surface area contributed by atoms with Gasteiger partial charge >= 0.3 is 0 Å². The molecule has 1 aromatic rings. The predicted octanol–water partition coefficient (Wildman–Crippen LogP) is 2.50. The SMILES string of the molecule is Cc1ccc(Cl)cc1NC(=O)CNC1CC2CCC1O2. The number of amides is 1. The minimum atomic E-state index is -0.0434. The second-order valence-corrected chi connectivity index (χ2v) is 6.04. The van der Waals surface area contributed by atoms with Crippen molar-refractivity contribution >= 4 is 23.2 Å². The van der Waals surface area contributed by atoms with E-state index in [0.29, 0.717) is 29.8 Å². The van der Waals surface area contributed by atoms with E-state index < -0.39 is 0 Å². The Balaban J connectivity index is 1.51. The Kier molecular flexibility index (Phi) is 3.96. The van der Waals surface area contributed by atoms with Gasteiger partial charge in [0.15, 0.2) is 0 Å². The van der Waals surface area contributed by atoms with Crippen LogP contribution < -0.4 is 10.6 Å². The van der Waals surface area contributed by atoms with Crippen LogP contribution in [0.15, 0.2) is 18.2 Å². The molecule has 0 radical (unpaired) electrons. The van der Waals surface area contributed by atoms with E-state index in [1.54, 1.807) is 6.07 Å². The smallest absolute Gasteiger partial charge is 0.238 e. The van der Waals surface area contributed by atoms with E-state index in [4.69, 9.17) is 16.3 Å². The standard InChI is InChI=1S/C15H19ClN2O2/c1-9-2-3-10(16)6-12(9)18-15(19)8-17-13-7-11-4-5-14(13)20-11/h2-3,6,11,13-14,17H,4-5,7-8H2,1H3,(H,18,19). The summed E-state index contributed by atoms with van der Waals surface area (Å²) in [7, 11) is 0. The molecule has 2 fully saturated rings. The van der Waals surface area contributed by atoms with Crippen LogP contribution in [0.4, 0.5) is 5.69 Å². The van der Waals surface area contributed by atoms with E-state index in [9.17, 15) is 4.79 Å². The molecule has 1 aromatic carbocycles. The monoisotopic (exact) mass is 294 g/mol. The van der Waals surface area contributed by atoms with Crippen molar-refractivity contribution in [3.63, 3.8) is 0 Å². The number of fused-ring (bicyclic) bond motifs is 2. The van der Waals surface area contributed by atoms with Crippen LogP contribution in [-0.4, -0.2) is 30.7 Å². The molecule has 5 heteroatoms. The van der Waals surface area contributed by atoms with Crippen molar-refractivity contribution in [1.29, 1.82) is 0 Å². The van der Waals surface area contributed by atoms with E-state index in [0.717, 1.165) is 30.5 Å². The molecule has 3 atom stereocenters. The lowest BCUT2D eigenvalue weighted by molar-refractivity contribution is -0.115. The van der Waals surface area contributed by atoms with Crippen LogP contribution in [0.25, 0.3) is 0 Å². The first-order chi connectivity index (χ1) is 9.61. The first kappa shape index (κ1) is 13.9. The fraction of sp³-hybridized carbons (Fsp3) is 0.533. The number of rotatable bonds is 4. The molecule has 2 heterocycles. The molecule has 2 saturated heterocycles. The second-order valence-electron chi connectivity index (χ2n) is 5.60. The molecule has 4 nitrogen and oxygen atoms in total. The quantitative estimate of drug-likeness (QED) is 0.897. The van der Waals surface area contributed by atoms with E-state index in [2.05, 4.69) is 10.6 Å². The van der Waals surface area contributed by atoms with Crippen LogP contribution >= 0.6 is 11.6 Å². The van der Waals surface area contributed by atoms with Gasteiger partial charge in [-0.05, 0) is 43.9 Å². The van der Waals surface area contributed by atoms with Gasteiger partial charge in [-0.3, -0.25) is 4.79 Å². The van der Waals surface area contributed by atoms with Crippen molar-refractivity contribution < 1.29 is 9.53 Å². The summed E-state index contributed by atoms with van der Waals surface area (Å²) in [4.78, 5) is 12.0. The fourth-order valence-corrected chi connectivity index (χ4v) is 3.17. The molecule has 108 valence electrons. The Labute approximate surface area is 123 Å². The Morgan fingerprint density at radius 1 is 1.45 bits per heavy atom. The summed E-state index contributed by atoms with van der Waals surface area (Å²) >= 11 is 5.94. The second kappa shape index (κ2) is 5.72. The number of benzene rings is 1. The lowest BCUT2D eigenvalue weighted by Gasteiger charge is -2.19. The van der Waals surface area contributed by atoms with Gasteiger partial charge in [0.1, 0.15) is 0 Å². The summed E-state index contributed by atoms with van der Waals surface area (Å²) in [6, 6.07) is 5.81. The minimum Gasteiger partial charge on any atom is -0.373 e. The van der Waals surface area contributed by atoms with Crippen molar-refractivity contribution in [3.8, 4) is 0 Å². The first-order valence-electron chi connectivity index (χ1n) is 7.06.